The summed E-state index contributed by atoms with van der Waals surface area (Å²) >= 11 is 6.35. The standard InChI is InChI=1S/C35H35ClN6O6/c1-17-10-24-27(38-16-25(31(24)43)34(46)47)14-23(17)20-6-2-18(3-7-20)11-29(40-32(44)21-8-4-19(15-37)5-9-21)33(45)39-22-12-26(36)30-28(13-22)41-35(48)42-30/h2-3,6-7,10,12-14,16,19,21,29H,4-5,8-9,11,15,37H2,1H3,(H,38,43)(H,39,45)(H,40,44)(H,46,47)(H2,41,42,48)/t19-,21-,29-/m0/s1. The van der Waals surface area contributed by atoms with Crippen LogP contribution in [0.15, 0.2) is 64.3 Å². The average molecular weight is 671 g/mol. The first-order valence-electron chi connectivity index (χ1n) is 15.7. The summed E-state index contributed by atoms with van der Waals surface area (Å²) in [4.78, 5) is 71.2. The number of fused-ring (bicyclic) bond motifs is 2. The van der Waals surface area contributed by atoms with Crippen LogP contribution in [0.5, 0.6) is 0 Å². The second kappa shape index (κ2) is 13.5. The second-order valence-electron chi connectivity index (χ2n) is 12.4. The number of aromatic nitrogens is 3. The van der Waals surface area contributed by atoms with Gasteiger partial charge in [0, 0.05) is 35.1 Å². The van der Waals surface area contributed by atoms with Crippen LogP contribution in [0.2, 0.25) is 5.02 Å². The first kappa shape index (κ1) is 32.7. The Balaban J connectivity index is 1.25. The van der Waals surface area contributed by atoms with Gasteiger partial charge in [0.25, 0.3) is 0 Å². The smallest absolute Gasteiger partial charge is 0.341 e. The van der Waals surface area contributed by atoms with Gasteiger partial charge < -0.3 is 36.4 Å². The average Bonchev–Trinajstić information content (AvgIpc) is 3.45. The van der Waals surface area contributed by atoms with Gasteiger partial charge in [0.2, 0.25) is 17.2 Å². The van der Waals surface area contributed by atoms with E-state index < -0.39 is 29.0 Å². The molecule has 2 heterocycles. The molecule has 0 radical (unpaired) electrons. The zero-order valence-electron chi connectivity index (χ0n) is 26.1. The predicted molar refractivity (Wildman–Crippen MR) is 184 cm³/mol. The SMILES string of the molecule is Cc1cc2c(=O)c(C(=O)O)c[nH]c2cc1-c1ccc(C[C@H](NC(=O)[C@H]2CC[C@H](CN)CC2)C(=O)Nc2cc(Cl)c3[nH]c(=O)[nH]c3c2)cc1. The van der Waals surface area contributed by atoms with Crippen molar-refractivity contribution in [2.24, 2.45) is 17.6 Å². The van der Waals surface area contributed by atoms with E-state index in [1.807, 2.05) is 37.3 Å². The topological polar surface area (TPSA) is 203 Å². The molecule has 0 aliphatic heterocycles. The molecule has 0 bridgehead atoms. The van der Waals surface area contributed by atoms with Crippen LogP contribution in [0.3, 0.4) is 0 Å². The lowest BCUT2D eigenvalue weighted by atomic mass is 9.81. The van der Waals surface area contributed by atoms with Crippen LogP contribution in [-0.4, -0.2) is 50.4 Å². The number of carboxylic acids is 1. The Bertz CT molecular complexity index is 2160. The molecule has 1 fully saturated rings. The molecule has 3 aromatic carbocycles. The zero-order chi connectivity index (χ0) is 34.1. The maximum Gasteiger partial charge on any atom is 0.341 e. The van der Waals surface area contributed by atoms with Crippen molar-refractivity contribution in [1.82, 2.24) is 20.3 Å². The molecule has 2 aromatic heterocycles. The number of benzene rings is 3. The minimum atomic E-state index is -1.29. The number of H-pyrrole nitrogens is 3. The van der Waals surface area contributed by atoms with E-state index in [0.29, 0.717) is 47.5 Å². The van der Waals surface area contributed by atoms with Crippen LogP contribution in [0, 0.1) is 18.8 Å². The van der Waals surface area contributed by atoms with Gasteiger partial charge in [0.15, 0.2) is 0 Å². The summed E-state index contributed by atoms with van der Waals surface area (Å²) in [6.45, 7) is 2.44. The van der Waals surface area contributed by atoms with E-state index in [1.165, 1.54) is 12.3 Å². The number of rotatable bonds is 9. The van der Waals surface area contributed by atoms with Crippen molar-refractivity contribution in [2.45, 2.75) is 45.1 Å². The number of carbonyl (C=O) groups excluding carboxylic acids is 2. The molecule has 0 saturated heterocycles. The van der Waals surface area contributed by atoms with Crippen LogP contribution in [0.1, 0.15) is 47.2 Å². The highest BCUT2D eigenvalue weighted by molar-refractivity contribution is 6.35. The minimum Gasteiger partial charge on any atom is -0.477 e. The van der Waals surface area contributed by atoms with Gasteiger partial charge in [-0.1, -0.05) is 35.9 Å². The van der Waals surface area contributed by atoms with Crippen LogP contribution in [-0.2, 0) is 16.0 Å². The monoisotopic (exact) mass is 670 g/mol. The molecule has 0 spiro atoms. The molecule has 1 aliphatic carbocycles. The van der Waals surface area contributed by atoms with E-state index in [9.17, 15) is 29.1 Å². The second-order valence-corrected chi connectivity index (χ2v) is 12.8. The molecule has 8 N–H and O–H groups in total. The Morgan fingerprint density at radius 2 is 1.73 bits per heavy atom. The van der Waals surface area contributed by atoms with Crippen LogP contribution >= 0.6 is 11.6 Å². The Morgan fingerprint density at radius 1 is 1.00 bits per heavy atom. The number of anilines is 1. The Morgan fingerprint density at radius 3 is 2.42 bits per heavy atom. The van der Waals surface area contributed by atoms with Gasteiger partial charge in [-0.3, -0.25) is 14.4 Å². The van der Waals surface area contributed by atoms with E-state index in [-0.39, 0.29) is 34.2 Å². The lowest BCUT2D eigenvalue weighted by molar-refractivity contribution is -0.130. The summed E-state index contributed by atoms with van der Waals surface area (Å²) in [5.74, 6) is -1.72. The number of halogens is 1. The highest BCUT2D eigenvalue weighted by Gasteiger charge is 2.29. The third-order valence-corrected chi connectivity index (χ3v) is 9.49. The Kier molecular flexibility index (Phi) is 9.20. The third-order valence-electron chi connectivity index (χ3n) is 9.19. The van der Waals surface area contributed by atoms with Crippen LogP contribution < -0.4 is 27.5 Å². The number of amides is 2. The molecule has 12 nitrogen and oxygen atoms in total. The molecule has 48 heavy (non-hydrogen) atoms. The molecule has 5 aromatic rings. The van der Waals surface area contributed by atoms with Gasteiger partial charge in [-0.2, -0.15) is 0 Å². The van der Waals surface area contributed by atoms with E-state index in [4.69, 9.17) is 17.3 Å². The molecule has 0 unspecified atom stereocenters. The maximum atomic E-state index is 13.7. The van der Waals surface area contributed by atoms with Crippen molar-refractivity contribution in [2.75, 3.05) is 11.9 Å². The largest absolute Gasteiger partial charge is 0.477 e. The number of pyridine rings is 1. The first-order chi connectivity index (χ1) is 23.0. The fourth-order valence-electron chi connectivity index (χ4n) is 6.46. The molecule has 2 amide bonds. The molecule has 248 valence electrons. The quantitative estimate of drug-likeness (QED) is 0.120. The van der Waals surface area contributed by atoms with Crippen molar-refractivity contribution in [3.8, 4) is 11.1 Å². The van der Waals surface area contributed by atoms with Gasteiger partial charge in [-0.05, 0) is 91.6 Å². The van der Waals surface area contributed by atoms with Gasteiger partial charge in [-0.25, -0.2) is 9.59 Å². The molecular formula is C35H35ClN6O6. The number of carbonyl (C=O) groups is 3. The summed E-state index contributed by atoms with van der Waals surface area (Å²) < 4.78 is 0. The number of aromatic carboxylic acids is 1. The normalized spacial score (nSPS) is 16.9. The molecule has 1 aliphatic rings. The molecule has 1 atom stereocenters. The summed E-state index contributed by atoms with van der Waals surface area (Å²) in [5, 5.41) is 15.7. The van der Waals surface area contributed by atoms with Gasteiger partial charge >= 0.3 is 11.7 Å². The molecule has 13 heteroatoms. The van der Waals surface area contributed by atoms with E-state index >= 15 is 0 Å². The van der Waals surface area contributed by atoms with E-state index in [2.05, 4.69) is 25.6 Å². The number of imidazole rings is 1. The third kappa shape index (κ3) is 6.76. The number of nitrogens with one attached hydrogen (secondary N) is 5. The summed E-state index contributed by atoms with van der Waals surface area (Å²) in [7, 11) is 0. The summed E-state index contributed by atoms with van der Waals surface area (Å²) in [6, 6.07) is 13.3. The molecule has 1 saturated carbocycles. The number of aryl methyl sites for hydroxylation is 1. The fraction of sp³-hybridized carbons (Fsp3) is 0.286. The van der Waals surface area contributed by atoms with Gasteiger partial charge in [0.1, 0.15) is 11.6 Å². The predicted octanol–water partition coefficient (Wildman–Crippen LogP) is 4.46. The summed E-state index contributed by atoms with van der Waals surface area (Å²) in [6.07, 6.45) is 4.54. The van der Waals surface area contributed by atoms with E-state index in [0.717, 1.165) is 35.1 Å². The maximum absolute atomic E-state index is 13.7. The fourth-order valence-corrected chi connectivity index (χ4v) is 6.73. The Hall–Kier alpha value is -5.20. The number of hydrogen-bond acceptors (Lipinski definition) is 6. The van der Waals surface area contributed by atoms with Gasteiger partial charge in [0.05, 0.1) is 16.1 Å². The molecule has 6 rings (SSSR count). The lowest BCUT2D eigenvalue weighted by Gasteiger charge is -2.28. The number of nitrogens with two attached hydrogens (primary N) is 1. The highest BCUT2D eigenvalue weighted by atomic mass is 35.5. The number of hydrogen-bond donors (Lipinski definition) is 7. The van der Waals surface area contributed by atoms with Crippen LogP contribution in [0.4, 0.5) is 5.69 Å². The Labute approximate surface area is 279 Å². The molecular weight excluding hydrogens is 636 g/mol. The zero-order valence-corrected chi connectivity index (χ0v) is 26.9. The minimum absolute atomic E-state index is 0.183. The lowest BCUT2D eigenvalue weighted by Crippen LogP contribution is -2.48. The van der Waals surface area contributed by atoms with Crippen molar-refractivity contribution < 1.29 is 19.5 Å². The van der Waals surface area contributed by atoms with Crippen molar-refractivity contribution >= 4 is 57.0 Å². The van der Waals surface area contributed by atoms with Crippen molar-refractivity contribution in [3.05, 3.63) is 97.1 Å². The summed E-state index contributed by atoms with van der Waals surface area (Å²) in [5.41, 5.74) is 9.56. The van der Waals surface area contributed by atoms with Gasteiger partial charge in [-0.15, -0.1) is 0 Å². The van der Waals surface area contributed by atoms with E-state index in [1.54, 1.807) is 12.1 Å². The number of aromatic amines is 3. The first-order valence-corrected chi connectivity index (χ1v) is 16.1. The number of carboxylic acid groups (broad SMARTS) is 1. The van der Waals surface area contributed by atoms with Crippen LogP contribution in [0.25, 0.3) is 33.1 Å². The van der Waals surface area contributed by atoms with Crippen molar-refractivity contribution in [3.63, 3.8) is 0 Å². The highest BCUT2D eigenvalue weighted by Crippen LogP contribution is 2.30. The van der Waals surface area contributed by atoms with Crippen molar-refractivity contribution in [1.29, 1.82) is 0 Å².